The fourth-order valence-corrected chi connectivity index (χ4v) is 4.07. The molecule has 1 aromatic carbocycles. The first kappa shape index (κ1) is 14.9. The number of aliphatic imine (C=N–C) groups is 1. The van der Waals surface area contributed by atoms with Crippen LogP contribution in [-0.4, -0.2) is 17.0 Å². The lowest BCUT2D eigenvalue weighted by molar-refractivity contribution is 0.375. The van der Waals surface area contributed by atoms with Crippen LogP contribution in [0.3, 0.4) is 0 Å². The maximum atomic E-state index is 4.61. The predicted molar refractivity (Wildman–Crippen MR) is 90.3 cm³/mol. The predicted octanol–water partition coefficient (Wildman–Crippen LogP) is 5.08. The maximum absolute atomic E-state index is 4.61. The first-order valence-corrected chi connectivity index (χ1v) is 8.25. The van der Waals surface area contributed by atoms with E-state index in [9.17, 15) is 0 Å². The molecule has 0 spiro atoms. The Labute approximate surface area is 128 Å². The Morgan fingerprint density at radius 2 is 2.16 bits per heavy atom. The van der Waals surface area contributed by atoms with Gasteiger partial charge in [0.2, 0.25) is 0 Å². The molecule has 1 aromatic rings. The van der Waals surface area contributed by atoms with Gasteiger partial charge >= 0.3 is 0 Å². The van der Waals surface area contributed by atoms with Crippen molar-refractivity contribution < 1.29 is 0 Å². The van der Waals surface area contributed by atoms with Crippen LogP contribution in [0.4, 0.5) is 5.69 Å². The Balaban J connectivity index is 1.95. The number of nitrogens with one attached hydrogen (secondary N) is 1. The highest BCUT2D eigenvalue weighted by molar-refractivity contribution is 9.10. The lowest BCUT2D eigenvalue weighted by Gasteiger charge is -2.21. The average Bonchev–Trinajstić information content (AvgIpc) is 2.67. The van der Waals surface area contributed by atoms with Gasteiger partial charge in [-0.2, -0.15) is 0 Å². The number of hydrogen-bond acceptors (Lipinski definition) is 3. The van der Waals surface area contributed by atoms with Gasteiger partial charge in [-0.05, 0) is 52.4 Å². The number of benzene rings is 1. The molecule has 1 aliphatic heterocycles. The standard InChI is InChI=1S/C15H21BrN2S/c1-10-5-6-13(12(16)7-10)18-14-17-9-11(19-14)8-15(2,3)4/h5-7,11H,8-9H2,1-4H3,(H,17,18). The van der Waals surface area contributed by atoms with Gasteiger partial charge < -0.3 is 5.32 Å². The van der Waals surface area contributed by atoms with Crippen LogP contribution in [0.15, 0.2) is 27.7 Å². The second-order valence-corrected chi connectivity index (χ2v) is 8.40. The summed E-state index contributed by atoms with van der Waals surface area (Å²) in [5.41, 5.74) is 2.71. The van der Waals surface area contributed by atoms with Crippen molar-refractivity contribution in [2.75, 3.05) is 11.9 Å². The molecule has 0 bridgehead atoms. The number of anilines is 1. The SMILES string of the molecule is Cc1ccc(NC2=NCC(CC(C)(C)C)S2)c(Br)c1. The summed E-state index contributed by atoms with van der Waals surface area (Å²) >= 11 is 5.45. The van der Waals surface area contributed by atoms with Crippen LogP contribution in [-0.2, 0) is 0 Å². The minimum Gasteiger partial charge on any atom is -0.334 e. The van der Waals surface area contributed by atoms with E-state index >= 15 is 0 Å². The number of halogens is 1. The quantitative estimate of drug-likeness (QED) is 0.811. The van der Waals surface area contributed by atoms with Gasteiger partial charge in [-0.1, -0.05) is 38.6 Å². The van der Waals surface area contributed by atoms with Gasteiger partial charge in [0, 0.05) is 9.72 Å². The summed E-state index contributed by atoms with van der Waals surface area (Å²) in [6.45, 7) is 9.88. The summed E-state index contributed by atoms with van der Waals surface area (Å²) in [5, 5.41) is 5.06. The summed E-state index contributed by atoms with van der Waals surface area (Å²) < 4.78 is 1.09. The first-order valence-electron chi connectivity index (χ1n) is 6.58. The number of thioether (sulfide) groups is 1. The lowest BCUT2D eigenvalue weighted by Crippen LogP contribution is -2.16. The molecule has 4 heteroatoms. The van der Waals surface area contributed by atoms with E-state index in [-0.39, 0.29) is 0 Å². The zero-order valence-electron chi connectivity index (χ0n) is 12.0. The molecule has 1 N–H and O–H groups in total. The van der Waals surface area contributed by atoms with E-state index in [1.54, 1.807) is 0 Å². The van der Waals surface area contributed by atoms with Gasteiger partial charge in [0.15, 0.2) is 5.17 Å². The topological polar surface area (TPSA) is 24.4 Å². The molecule has 0 aliphatic carbocycles. The molecule has 104 valence electrons. The number of hydrogen-bond donors (Lipinski definition) is 1. The zero-order valence-corrected chi connectivity index (χ0v) is 14.4. The van der Waals surface area contributed by atoms with Crippen molar-refractivity contribution in [3.8, 4) is 0 Å². The Hall–Kier alpha value is -0.480. The maximum Gasteiger partial charge on any atom is 0.161 e. The third-order valence-corrected chi connectivity index (χ3v) is 4.68. The number of rotatable bonds is 2. The number of amidine groups is 1. The van der Waals surface area contributed by atoms with Crippen LogP contribution >= 0.6 is 27.7 Å². The third-order valence-electron chi connectivity index (χ3n) is 2.92. The van der Waals surface area contributed by atoms with Crippen LogP contribution in [0.1, 0.15) is 32.8 Å². The lowest BCUT2D eigenvalue weighted by atomic mass is 9.90. The molecule has 0 saturated heterocycles. The fourth-order valence-electron chi connectivity index (χ4n) is 2.11. The summed E-state index contributed by atoms with van der Waals surface area (Å²) in [4.78, 5) is 4.61. The molecule has 19 heavy (non-hydrogen) atoms. The van der Waals surface area contributed by atoms with Crippen molar-refractivity contribution in [1.82, 2.24) is 0 Å². The Bertz CT molecular complexity index is 491. The van der Waals surface area contributed by atoms with Gasteiger partial charge in [0.1, 0.15) is 0 Å². The van der Waals surface area contributed by atoms with Crippen LogP contribution in [0.25, 0.3) is 0 Å². The molecule has 1 heterocycles. The van der Waals surface area contributed by atoms with E-state index in [1.165, 1.54) is 12.0 Å². The summed E-state index contributed by atoms with van der Waals surface area (Å²) in [7, 11) is 0. The van der Waals surface area contributed by atoms with Crippen molar-refractivity contribution in [2.45, 2.75) is 39.4 Å². The first-order chi connectivity index (χ1) is 8.83. The molecular formula is C15H21BrN2S. The highest BCUT2D eigenvalue weighted by Gasteiger charge is 2.25. The molecular weight excluding hydrogens is 320 g/mol. The van der Waals surface area contributed by atoms with Gasteiger partial charge in [-0.15, -0.1) is 0 Å². The second-order valence-electron chi connectivity index (χ2n) is 6.26. The van der Waals surface area contributed by atoms with Gasteiger partial charge in [-0.25, -0.2) is 0 Å². The zero-order chi connectivity index (χ0) is 14.0. The van der Waals surface area contributed by atoms with E-state index in [4.69, 9.17) is 0 Å². The number of aryl methyl sites for hydroxylation is 1. The van der Waals surface area contributed by atoms with E-state index < -0.39 is 0 Å². The van der Waals surface area contributed by atoms with Crippen molar-refractivity contribution in [2.24, 2.45) is 10.4 Å². The Kier molecular flexibility index (Phi) is 4.62. The average molecular weight is 341 g/mol. The highest BCUT2D eigenvalue weighted by atomic mass is 79.9. The molecule has 1 atom stereocenters. The van der Waals surface area contributed by atoms with Gasteiger partial charge in [0.05, 0.1) is 12.2 Å². The van der Waals surface area contributed by atoms with Crippen molar-refractivity contribution in [1.29, 1.82) is 0 Å². The normalized spacial score (nSPS) is 19.4. The highest BCUT2D eigenvalue weighted by Crippen LogP contribution is 2.33. The summed E-state index contributed by atoms with van der Waals surface area (Å²) in [6, 6.07) is 6.33. The second kappa shape index (κ2) is 5.88. The summed E-state index contributed by atoms with van der Waals surface area (Å²) in [6.07, 6.45) is 1.20. The molecule has 1 aliphatic rings. The molecule has 2 rings (SSSR count). The molecule has 0 saturated carbocycles. The van der Waals surface area contributed by atoms with Crippen LogP contribution in [0.5, 0.6) is 0 Å². The van der Waals surface area contributed by atoms with E-state index in [2.05, 4.69) is 72.1 Å². The minimum atomic E-state index is 0.368. The largest absolute Gasteiger partial charge is 0.334 e. The van der Waals surface area contributed by atoms with E-state index in [1.807, 2.05) is 11.8 Å². The van der Waals surface area contributed by atoms with Crippen molar-refractivity contribution in [3.05, 3.63) is 28.2 Å². The van der Waals surface area contributed by atoms with Crippen LogP contribution in [0, 0.1) is 12.3 Å². The third kappa shape index (κ3) is 4.53. The molecule has 0 fully saturated rings. The van der Waals surface area contributed by atoms with E-state index in [0.717, 1.165) is 21.9 Å². The van der Waals surface area contributed by atoms with Crippen molar-refractivity contribution in [3.63, 3.8) is 0 Å². The van der Waals surface area contributed by atoms with E-state index in [0.29, 0.717) is 10.7 Å². The molecule has 2 nitrogen and oxygen atoms in total. The van der Waals surface area contributed by atoms with Crippen LogP contribution in [0.2, 0.25) is 0 Å². The van der Waals surface area contributed by atoms with Crippen molar-refractivity contribution >= 4 is 38.5 Å². The van der Waals surface area contributed by atoms with Gasteiger partial charge in [-0.3, -0.25) is 4.99 Å². The summed E-state index contributed by atoms with van der Waals surface area (Å²) in [5.74, 6) is 0. The molecule has 1 unspecified atom stereocenters. The Morgan fingerprint density at radius 1 is 1.42 bits per heavy atom. The molecule has 0 aromatic heterocycles. The Morgan fingerprint density at radius 3 is 2.79 bits per heavy atom. The molecule has 0 amide bonds. The minimum absolute atomic E-state index is 0.368. The van der Waals surface area contributed by atoms with Gasteiger partial charge in [0.25, 0.3) is 0 Å². The number of nitrogens with zero attached hydrogens (tertiary/aromatic N) is 1. The monoisotopic (exact) mass is 340 g/mol. The fraction of sp³-hybridized carbons (Fsp3) is 0.533. The smallest absolute Gasteiger partial charge is 0.161 e. The van der Waals surface area contributed by atoms with Crippen LogP contribution < -0.4 is 5.32 Å². The molecule has 0 radical (unpaired) electrons.